The van der Waals surface area contributed by atoms with E-state index in [-0.39, 0.29) is 17.5 Å². The van der Waals surface area contributed by atoms with Gasteiger partial charge in [-0.05, 0) is 31.5 Å². The standard InChI is InChI=1S/C18H24N4O2/c1-2-17(23)19-13-6-5-10-22(12-13)11-9-16-20-15-8-4-3-7-14(15)18(24)21-16/h3-4,7-8,13H,2,5-6,9-12H2,1H3,(H,19,23)(H,20,21,24)/t13-/m1/s1. The maximum atomic E-state index is 12.1. The maximum absolute atomic E-state index is 12.1. The molecule has 0 saturated carbocycles. The average molecular weight is 328 g/mol. The molecule has 2 N–H and O–H groups in total. The third-order valence-electron chi connectivity index (χ3n) is 4.52. The molecule has 3 rings (SSSR count). The van der Waals surface area contributed by atoms with Gasteiger partial charge in [0.05, 0.1) is 10.9 Å². The van der Waals surface area contributed by atoms with E-state index in [0.29, 0.717) is 18.2 Å². The van der Waals surface area contributed by atoms with Gasteiger partial charge in [0.25, 0.3) is 5.56 Å². The molecule has 1 saturated heterocycles. The zero-order valence-electron chi connectivity index (χ0n) is 14.0. The number of H-pyrrole nitrogens is 1. The van der Waals surface area contributed by atoms with Gasteiger partial charge in [0.1, 0.15) is 5.82 Å². The third-order valence-corrected chi connectivity index (χ3v) is 4.52. The highest BCUT2D eigenvalue weighted by Gasteiger charge is 2.20. The van der Waals surface area contributed by atoms with E-state index in [1.807, 2.05) is 25.1 Å². The van der Waals surface area contributed by atoms with Crippen LogP contribution in [0.2, 0.25) is 0 Å². The number of hydrogen-bond acceptors (Lipinski definition) is 4. The molecule has 24 heavy (non-hydrogen) atoms. The van der Waals surface area contributed by atoms with E-state index < -0.39 is 0 Å². The summed E-state index contributed by atoms with van der Waals surface area (Å²) < 4.78 is 0. The second kappa shape index (κ2) is 7.57. The van der Waals surface area contributed by atoms with E-state index in [9.17, 15) is 9.59 Å². The lowest BCUT2D eigenvalue weighted by Crippen LogP contribution is -2.48. The molecule has 1 aromatic heterocycles. The van der Waals surface area contributed by atoms with Gasteiger partial charge in [0.2, 0.25) is 5.91 Å². The van der Waals surface area contributed by atoms with Crippen molar-refractivity contribution in [2.24, 2.45) is 0 Å². The van der Waals surface area contributed by atoms with Crippen molar-refractivity contribution >= 4 is 16.8 Å². The normalized spacial score (nSPS) is 18.6. The van der Waals surface area contributed by atoms with Gasteiger partial charge in [-0.1, -0.05) is 19.1 Å². The van der Waals surface area contributed by atoms with Gasteiger partial charge in [0.15, 0.2) is 0 Å². The Morgan fingerprint density at radius 1 is 1.42 bits per heavy atom. The summed E-state index contributed by atoms with van der Waals surface area (Å²) in [4.78, 5) is 33.4. The van der Waals surface area contributed by atoms with Crippen LogP contribution in [0.1, 0.15) is 32.0 Å². The SMILES string of the molecule is CCC(=O)N[C@@H]1CCCN(CCc2nc3ccccc3c(=O)[nH]2)C1. The predicted octanol–water partition coefficient (Wildman–Crippen LogP) is 1.46. The molecule has 128 valence electrons. The van der Waals surface area contributed by atoms with E-state index in [1.165, 1.54) is 0 Å². The first-order valence-electron chi connectivity index (χ1n) is 8.65. The lowest BCUT2D eigenvalue weighted by atomic mass is 10.1. The molecule has 6 nitrogen and oxygen atoms in total. The van der Waals surface area contributed by atoms with Crippen LogP contribution in [0.15, 0.2) is 29.1 Å². The molecule has 1 amide bonds. The van der Waals surface area contributed by atoms with Crippen LogP contribution in [0.4, 0.5) is 0 Å². The second-order valence-electron chi connectivity index (χ2n) is 6.34. The van der Waals surface area contributed by atoms with Crippen LogP contribution in [-0.2, 0) is 11.2 Å². The molecular formula is C18H24N4O2. The van der Waals surface area contributed by atoms with Crippen molar-refractivity contribution < 1.29 is 4.79 Å². The maximum Gasteiger partial charge on any atom is 0.258 e. The molecule has 2 heterocycles. The van der Waals surface area contributed by atoms with Crippen LogP contribution in [-0.4, -0.2) is 46.5 Å². The first kappa shape index (κ1) is 16.6. The number of carbonyl (C=O) groups excluding carboxylic acids is 1. The Hall–Kier alpha value is -2.21. The van der Waals surface area contributed by atoms with E-state index in [4.69, 9.17) is 0 Å². The molecule has 0 spiro atoms. The van der Waals surface area contributed by atoms with Crippen molar-refractivity contribution in [2.75, 3.05) is 19.6 Å². The number of likely N-dealkylation sites (tertiary alicyclic amines) is 1. The van der Waals surface area contributed by atoms with E-state index >= 15 is 0 Å². The van der Waals surface area contributed by atoms with E-state index in [0.717, 1.165) is 43.8 Å². The van der Waals surface area contributed by atoms with Gasteiger partial charge < -0.3 is 15.2 Å². The van der Waals surface area contributed by atoms with Gasteiger partial charge >= 0.3 is 0 Å². The molecular weight excluding hydrogens is 304 g/mol. The number of carbonyl (C=O) groups is 1. The summed E-state index contributed by atoms with van der Waals surface area (Å²) >= 11 is 0. The van der Waals surface area contributed by atoms with Crippen molar-refractivity contribution in [3.63, 3.8) is 0 Å². The molecule has 1 aliphatic rings. The molecule has 1 atom stereocenters. The van der Waals surface area contributed by atoms with Gasteiger partial charge in [-0.25, -0.2) is 4.98 Å². The smallest absolute Gasteiger partial charge is 0.258 e. The zero-order valence-corrected chi connectivity index (χ0v) is 14.0. The molecule has 0 unspecified atom stereocenters. The number of rotatable bonds is 5. The van der Waals surface area contributed by atoms with Crippen molar-refractivity contribution in [1.82, 2.24) is 20.2 Å². The first-order chi connectivity index (χ1) is 11.7. The van der Waals surface area contributed by atoms with Gasteiger partial charge in [0, 0.05) is 32.0 Å². The topological polar surface area (TPSA) is 78.1 Å². The van der Waals surface area contributed by atoms with Crippen LogP contribution in [0, 0.1) is 0 Å². The van der Waals surface area contributed by atoms with Crippen molar-refractivity contribution in [3.8, 4) is 0 Å². The number of piperidine rings is 1. The number of para-hydroxylation sites is 1. The highest BCUT2D eigenvalue weighted by molar-refractivity contribution is 5.77. The third kappa shape index (κ3) is 4.00. The number of aromatic amines is 1. The number of hydrogen-bond donors (Lipinski definition) is 2. The number of benzene rings is 1. The summed E-state index contributed by atoms with van der Waals surface area (Å²) in [6.45, 7) is 4.59. The molecule has 1 fully saturated rings. The summed E-state index contributed by atoms with van der Waals surface area (Å²) in [6.07, 6.45) is 3.34. The molecule has 0 bridgehead atoms. The monoisotopic (exact) mass is 328 g/mol. The molecule has 0 radical (unpaired) electrons. The Balaban J connectivity index is 1.61. The second-order valence-corrected chi connectivity index (χ2v) is 6.34. The van der Waals surface area contributed by atoms with E-state index in [2.05, 4.69) is 20.2 Å². The number of nitrogens with zero attached hydrogens (tertiary/aromatic N) is 2. The van der Waals surface area contributed by atoms with Crippen LogP contribution < -0.4 is 10.9 Å². The quantitative estimate of drug-likeness (QED) is 0.871. The summed E-state index contributed by atoms with van der Waals surface area (Å²) in [5.74, 6) is 0.834. The molecule has 6 heteroatoms. The molecule has 0 aliphatic carbocycles. The molecule has 1 aromatic carbocycles. The summed E-state index contributed by atoms with van der Waals surface area (Å²) in [7, 11) is 0. The van der Waals surface area contributed by atoms with E-state index in [1.54, 1.807) is 6.07 Å². The van der Waals surface area contributed by atoms with Crippen LogP contribution in [0.25, 0.3) is 10.9 Å². The highest BCUT2D eigenvalue weighted by Crippen LogP contribution is 2.11. The minimum Gasteiger partial charge on any atom is -0.352 e. The van der Waals surface area contributed by atoms with Gasteiger partial charge in [-0.2, -0.15) is 0 Å². The Kier molecular flexibility index (Phi) is 5.25. The zero-order chi connectivity index (χ0) is 16.9. The number of fused-ring (bicyclic) bond motifs is 1. The van der Waals surface area contributed by atoms with Crippen molar-refractivity contribution in [2.45, 2.75) is 38.6 Å². The summed E-state index contributed by atoms with van der Waals surface area (Å²) in [6, 6.07) is 7.62. The number of nitrogens with one attached hydrogen (secondary N) is 2. The fraction of sp³-hybridized carbons (Fsp3) is 0.500. The summed E-state index contributed by atoms with van der Waals surface area (Å²) in [5, 5.41) is 3.70. The van der Waals surface area contributed by atoms with Crippen molar-refractivity contribution in [1.29, 1.82) is 0 Å². The van der Waals surface area contributed by atoms with Gasteiger partial charge in [-0.15, -0.1) is 0 Å². The Labute approximate surface area is 141 Å². The number of amides is 1. The highest BCUT2D eigenvalue weighted by atomic mass is 16.1. The molecule has 2 aromatic rings. The minimum atomic E-state index is -0.0812. The Bertz CT molecular complexity index is 771. The van der Waals surface area contributed by atoms with Crippen LogP contribution >= 0.6 is 0 Å². The minimum absolute atomic E-state index is 0.0812. The van der Waals surface area contributed by atoms with Crippen LogP contribution in [0.3, 0.4) is 0 Å². The number of aromatic nitrogens is 2. The van der Waals surface area contributed by atoms with Crippen molar-refractivity contribution in [3.05, 3.63) is 40.4 Å². The Morgan fingerprint density at radius 3 is 3.08 bits per heavy atom. The predicted molar refractivity (Wildman–Crippen MR) is 94.0 cm³/mol. The Morgan fingerprint density at radius 2 is 2.25 bits per heavy atom. The lowest BCUT2D eigenvalue weighted by molar-refractivity contribution is -0.121. The average Bonchev–Trinajstić information content (AvgIpc) is 2.60. The fourth-order valence-corrected chi connectivity index (χ4v) is 3.22. The largest absolute Gasteiger partial charge is 0.352 e. The summed E-state index contributed by atoms with van der Waals surface area (Å²) in [5.41, 5.74) is 0.658. The molecule has 1 aliphatic heterocycles. The lowest BCUT2D eigenvalue weighted by Gasteiger charge is -2.33. The fourth-order valence-electron chi connectivity index (χ4n) is 3.22. The first-order valence-corrected chi connectivity index (χ1v) is 8.65. The van der Waals surface area contributed by atoms with Crippen LogP contribution in [0.5, 0.6) is 0 Å². The van der Waals surface area contributed by atoms with Gasteiger partial charge in [-0.3, -0.25) is 9.59 Å².